The van der Waals surface area contributed by atoms with Gasteiger partial charge in [0.15, 0.2) is 0 Å². The maximum atomic E-state index is 14.0. The minimum Gasteiger partial charge on any atom is -0.444 e. The minimum atomic E-state index is -0.836. The van der Waals surface area contributed by atoms with E-state index in [1.54, 1.807) is 32.6 Å². The zero-order valence-corrected chi connectivity index (χ0v) is 22.9. The van der Waals surface area contributed by atoms with Crippen molar-refractivity contribution in [1.82, 2.24) is 10.2 Å². The van der Waals surface area contributed by atoms with Crippen molar-refractivity contribution in [3.05, 3.63) is 71.8 Å². The summed E-state index contributed by atoms with van der Waals surface area (Å²) in [5.74, 6) is -0.666. The number of carbonyl (C=O) groups excluding carboxylic acids is 3. The van der Waals surface area contributed by atoms with Gasteiger partial charge in [-0.15, -0.1) is 0 Å². The van der Waals surface area contributed by atoms with Crippen molar-refractivity contribution in [1.29, 1.82) is 0 Å². The molecule has 38 heavy (non-hydrogen) atoms. The van der Waals surface area contributed by atoms with E-state index in [0.29, 0.717) is 6.54 Å². The van der Waals surface area contributed by atoms with Crippen LogP contribution in [-0.2, 0) is 20.9 Å². The van der Waals surface area contributed by atoms with Crippen LogP contribution in [0, 0.1) is 6.92 Å². The Morgan fingerprint density at radius 3 is 2.53 bits per heavy atom. The minimum absolute atomic E-state index is 0.218. The smallest absolute Gasteiger partial charge is 0.410 e. The molecule has 2 atom stereocenters. The third-order valence-corrected chi connectivity index (χ3v) is 6.81. The van der Waals surface area contributed by atoms with E-state index in [-0.39, 0.29) is 12.5 Å². The van der Waals surface area contributed by atoms with Gasteiger partial charge in [-0.25, -0.2) is 4.79 Å². The fourth-order valence-corrected chi connectivity index (χ4v) is 4.51. The number of fused-ring (bicyclic) bond motifs is 2. The molecule has 3 aromatic carbocycles. The number of hydrogen-bond acceptors (Lipinski definition) is 5. The van der Waals surface area contributed by atoms with Crippen LogP contribution in [-0.4, -0.2) is 54.1 Å². The van der Waals surface area contributed by atoms with Crippen molar-refractivity contribution in [3.8, 4) is 0 Å². The van der Waals surface area contributed by atoms with E-state index in [1.807, 2.05) is 43.3 Å². The van der Waals surface area contributed by atoms with E-state index in [2.05, 4.69) is 34.9 Å². The van der Waals surface area contributed by atoms with E-state index >= 15 is 0 Å². The second-order valence-corrected chi connectivity index (χ2v) is 10.7. The number of para-hydroxylation sites is 2. The lowest BCUT2D eigenvalue weighted by Crippen LogP contribution is -2.55. The van der Waals surface area contributed by atoms with Crippen molar-refractivity contribution in [2.75, 3.05) is 23.8 Å². The fraction of sp³-hybridized carbons (Fsp3) is 0.367. The molecule has 1 heterocycles. The third-order valence-electron chi connectivity index (χ3n) is 6.81. The number of hydrogen-bond donors (Lipinski definition) is 2. The Kier molecular flexibility index (Phi) is 7.62. The molecule has 1 unspecified atom stereocenters. The van der Waals surface area contributed by atoms with Crippen LogP contribution in [0.3, 0.4) is 0 Å². The second kappa shape index (κ2) is 10.7. The molecule has 0 aromatic heterocycles. The quantitative estimate of drug-likeness (QED) is 0.506. The number of nitrogens with one attached hydrogen (secondary N) is 2. The Hall–Kier alpha value is -4.07. The molecular formula is C30H36N4O4. The summed E-state index contributed by atoms with van der Waals surface area (Å²) in [5.41, 5.74) is 3.01. The van der Waals surface area contributed by atoms with Gasteiger partial charge < -0.3 is 20.3 Å². The fourth-order valence-electron chi connectivity index (χ4n) is 4.51. The molecule has 8 heteroatoms. The number of benzene rings is 3. The molecule has 4 rings (SSSR count). The van der Waals surface area contributed by atoms with E-state index < -0.39 is 29.7 Å². The number of aryl methyl sites for hydroxylation is 1. The van der Waals surface area contributed by atoms with Crippen LogP contribution >= 0.6 is 0 Å². The van der Waals surface area contributed by atoms with Gasteiger partial charge in [0.25, 0.3) is 5.91 Å². The number of amides is 3. The summed E-state index contributed by atoms with van der Waals surface area (Å²) in [6, 6.07) is 18.2. The summed E-state index contributed by atoms with van der Waals surface area (Å²) < 4.78 is 5.39. The van der Waals surface area contributed by atoms with Crippen molar-refractivity contribution in [2.24, 2.45) is 0 Å². The summed E-state index contributed by atoms with van der Waals surface area (Å²) >= 11 is 0. The molecule has 0 fully saturated rings. The van der Waals surface area contributed by atoms with Gasteiger partial charge >= 0.3 is 6.09 Å². The molecule has 3 aromatic rings. The molecule has 0 spiro atoms. The van der Waals surface area contributed by atoms with Crippen molar-refractivity contribution >= 4 is 40.1 Å². The van der Waals surface area contributed by atoms with Crippen LogP contribution in [0.2, 0.25) is 0 Å². The van der Waals surface area contributed by atoms with E-state index in [0.717, 1.165) is 33.3 Å². The molecule has 200 valence electrons. The highest BCUT2D eigenvalue weighted by Crippen LogP contribution is 2.32. The SMILES string of the molecule is Cc1ccc2ccccc2c1CN1C(=O)[C@@H](NC(=O)C(C)N(C)C(=O)OC(C)(C)C)CNc2ccccc21. The number of nitrogens with zero attached hydrogens (tertiary/aromatic N) is 2. The maximum absolute atomic E-state index is 14.0. The second-order valence-electron chi connectivity index (χ2n) is 10.7. The molecule has 1 aliphatic heterocycles. The summed E-state index contributed by atoms with van der Waals surface area (Å²) in [5, 5.41) is 8.37. The molecule has 0 saturated carbocycles. The predicted octanol–water partition coefficient (Wildman–Crippen LogP) is 4.85. The van der Waals surface area contributed by atoms with Crippen LogP contribution in [0.5, 0.6) is 0 Å². The van der Waals surface area contributed by atoms with E-state index in [4.69, 9.17) is 4.74 Å². The number of rotatable bonds is 5. The first-order chi connectivity index (χ1) is 18.0. The highest BCUT2D eigenvalue weighted by atomic mass is 16.6. The molecule has 2 N–H and O–H groups in total. The zero-order chi connectivity index (χ0) is 27.6. The number of ether oxygens (including phenoxy) is 1. The number of carbonyl (C=O) groups is 3. The zero-order valence-electron chi connectivity index (χ0n) is 22.9. The third kappa shape index (κ3) is 5.74. The van der Waals surface area contributed by atoms with Gasteiger partial charge in [0.05, 0.1) is 17.9 Å². The van der Waals surface area contributed by atoms with Crippen LogP contribution in [0.4, 0.5) is 16.2 Å². The Morgan fingerprint density at radius 2 is 1.79 bits per heavy atom. The first-order valence-electron chi connectivity index (χ1n) is 12.8. The van der Waals surface area contributed by atoms with Gasteiger partial charge in [0.1, 0.15) is 17.7 Å². The van der Waals surface area contributed by atoms with Crippen LogP contribution in [0.25, 0.3) is 10.8 Å². The summed E-state index contributed by atoms with van der Waals surface area (Å²) in [6.45, 7) is 9.53. The molecule has 8 nitrogen and oxygen atoms in total. The Labute approximate surface area is 223 Å². The molecule has 0 saturated heterocycles. The van der Waals surface area contributed by atoms with Gasteiger partial charge in [0, 0.05) is 13.6 Å². The monoisotopic (exact) mass is 516 g/mol. The van der Waals surface area contributed by atoms with Crippen molar-refractivity contribution in [2.45, 2.75) is 58.8 Å². The highest BCUT2D eigenvalue weighted by molar-refractivity contribution is 6.04. The molecular weight excluding hydrogens is 480 g/mol. The lowest BCUT2D eigenvalue weighted by atomic mass is 9.99. The largest absolute Gasteiger partial charge is 0.444 e. The van der Waals surface area contributed by atoms with E-state index in [9.17, 15) is 14.4 Å². The standard InChI is InChI=1S/C30H36N4O4/c1-19-15-16-21-11-7-8-12-22(21)23(19)18-34-26-14-10-9-13-24(26)31-17-25(28(34)36)32-27(35)20(2)33(6)29(37)38-30(3,4)5/h7-16,20,25,31H,17-18H2,1-6H3,(H,32,35)/t20?,25-/m0/s1. The molecule has 1 aliphatic rings. The van der Waals surface area contributed by atoms with Gasteiger partial charge in [0.2, 0.25) is 5.91 Å². The summed E-state index contributed by atoms with van der Waals surface area (Å²) in [4.78, 5) is 42.6. The van der Waals surface area contributed by atoms with Gasteiger partial charge in [-0.1, -0.05) is 48.5 Å². The number of anilines is 2. The maximum Gasteiger partial charge on any atom is 0.410 e. The highest BCUT2D eigenvalue weighted by Gasteiger charge is 2.34. The van der Waals surface area contributed by atoms with Crippen molar-refractivity contribution < 1.29 is 19.1 Å². The van der Waals surface area contributed by atoms with E-state index in [1.165, 1.54) is 11.9 Å². The Balaban J connectivity index is 1.61. The van der Waals surface area contributed by atoms with Gasteiger partial charge in [-0.2, -0.15) is 0 Å². The van der Waals surface area contributed by atoms with Crippen LogP contribution in [0.1, 0.15) is 38.8 Å². The first kappa shape index (κ1) is 27.0. The normalized spacial score (nSPS) is 16.2. The molecule has 0 bridgehead atoms. The Bertz CT molecular complexity index is 1360. The summed E-state index contributed by atoms with van der Waals surface area (Å²) in [6.07, 6.45) is -0.606. The summed E-state index contributed by atoms with van der Waals surface area (Å²) in [7, 11) is 1.51. The first-order valence-corrected chi connectivity index (χ1v) is 12.8. The predicted molar refractivity (Wildman–Crippen MR) is 150 cm³/mol. The average Bonchev–Trinajstić information content (AvgIpc) is 3.00. The van der Waals surface area contributed by atoms with Crippen LogP contribution < -0.4 is 15.5 Å². The molecule has 0 radical (unpaired) electrons. The van der Waals surface area contributed by atoms with Gasteiger partial charge in [-0.3, -0.25) is 14.5 Å². The number of likely N-dealkylation sites (N-methyl/N-ethyl adjacent to an activating group) is 1. The lowest BCUT2D eigenvalue weighted by molar-refractivity contribution is -0.130. The average molecular weight is 517 g/mol. The van der Waals surface area contributed by atoms with Crippen LogP contribution in [0.15, 0.2) is 60.7 Å². The van der Waals surface area contributed by atoms with Gasteiger partial charge in [-0.05, 0) is 68.7 Å². The molecule has 0 aliphatic carbocycles. The topological polar surface area (TPSA) is 91.0 Å². The van der Waals surface area contributed by atoms with Crippen molar-refractivity contribution in [3.63, 3.8) is 0 Å². The Morgan fingerprint density at radius 1 is 1.11 bits per heavy atom. The lowest BCUT2D eigenvalue weighted by Gasteiger charge is -2.30. The molecule has 3 amide bonds.